The second kappa shape index (κ2) is 59.6. The monoisotopic (exact) mass is 969 g/mol. The molecule has 0 aromatic rings. The van der Waals surface area contributed by atoms with Crippen LogP contribution in [0.2, 0.25) is 0 Å². The zero-order chi connectivity index (χ0) is 50.6. The zero-order valence-electron chi connectivity index (χ0n) is 45.5. The lowest BCUT2D eigenvalue weighted by atomic mass is 10.0. The van der Waals surface area contributed by atoms with Crippen LogP contribution in [0, 0.1) is 0 Å². The highest BCUT2D eigenvalue weighted by Crippen LogP contribution is 2.15. The maximum atomic E-state index is 12.3. The maximum absolute atomic E-state index is 12.3. The van der Waals surface area contributed by atoms with Crippen molar-refractivity contribution in [2.24, 2.45) is 0 Å². The van der Waals surface area contributed by atoms with Gasteiger partial charge in [0.05, 0.1) is 6.61 Å². The fourth-order valence-corrected chi connectivity index (χ4v) is 7.90. The van der Waals surface area contributed by atoms with Crippen LogP contribution in [0.25, 0.3) is 0 Å². The first-order valence-electron chi connectivity index (χ1n) is 29.1. The summed E-state index contributed by atoms with van der Waals surface area (Å²) in [5.74, 6) is -0.631. The molecule has 5 heteroatoms. The molecule has 70 heavy (non-hydrogen) atoms. The minimum Gasteiger partial charge on any atom is -0.462 e. The van der Waals surface area contributed by atoms with Crippen LogP contribution < -0.4 is 0 Å². The molecule has 0 fully saturated rings. The highest BCUT2D eigenvalue weighted by Gasteiger charge is 2.16. The summed E-state index contributed by atoms with van der Waals surface area (Å²) in [6.07, 6.45) is 87.4. The zero-order valence-corrected chi connectivity index (χ0v) is 45.5. The van der Waals surface area contributed by atoms with E-state index in [0.717, 1.165) is 103 Å². The Hall–Kier alpha value is -3.70. The van der Waals surface area contributed by atoms with Crippen LogP contribution in [-0.2, 0) is 19.1 Å². The normalized spacial score (nSPS) is 13.1. The maximum Gasteiger partial charge on any atom is 0.306 e. The number of carbonyl (C=O) groups excluding carboxylic acids is 2. The molecule has 398 valence electrons. The smallest absolute Gasteiger partial charge is 0.306 e. The van der Waals surface area contributed by atoms with E-state index in [2.05, 4.69) is 135 Å². The number of ether oxygens (including phenoxy) is 2. The van der Waals surface area contributed by atoms with E-state index < -0.39 is 6.10 Å². The Morgan fingerprint density at radius 2 is 0.614 bits per heavy atom. The number of unbranched alkanes of at least 4 members (excludes halogenated alkanes) is 24. The van der Waals surface area contributed by atoms with Gasteiger partial charge in [0, 0.05) is 12.8 Å². The van der Waals surface area contributed by atoms with Crippen molar-refractivity contribution in [1.82, 2.24) is 0 Å². The molecule has 5 nitrogen and oxygen atoms in total. The summed E-state index contributed by atoms with van der Waals surface area (Å²) in [5, 5.41) is 9.66. The molecule has 0 heterocycles. The number of rotatable bonds is 52. The third kappa shape index (κ3) is 56.9. The predicted octanol–water partition coefficient (Wildman–Crippen LogP) is 19.9. The van der Waals surface area contributed by atoms with Gasteiger partial charge in [-0.1, -0.05) is 257 Å². The van der Waals surface area contributed by atoms with E-state index in [1.165, 1.54) is 128 Å². The van der Waals surface area contributed by atoms with Crippen LogP contribution in [0.1, 0.15) is 258 Å². The van der Waals surface area contributed by atoms with Gasteiger partial charge < -0.3 is 14.6 Å². The minimum absolute atomic E-state index is 0.0856. The van der Waals surface area contributed by atoms with Crippen molar-refractivity contribution in [3.05, 3.63) is 122 Å². The number of allylic oxidation sites excluding steroid dienone is 20. The van der Waals surface area contributed by atoms with Gasteiger partial charge >= 0.3 is 11.9 Å². The summed E-state index contributed by atoms with van der Waals surface area (Å²) >= 11 is 0. The van der Waals surface area contributed by atoms with Crippen molar-refractivity contribution < 1.29 is 24.2 Å². The van der Waals surface area contributed by atoms with Crippen molar-refractivity contribution in [1.29, 1.82) is 0 Å². The predicted molar refractivity (Wildman–Crippen MR) is 306 cm³/mol. The molecule has 0 rings (SSSR count). The number of carbonyl (C=O) groups is 2. The minimum atomic E-state index is -0.799. The number of aliphatic hydroxyl groups is 1. The summed E-state index contributed by atoms with van der Waals surface area (Å²) in [6.45, 7) is 4.01. The van der Waals surface area contributed by atoms with Crippen LogP contribution in [0.3, 0.4) is 0 Å². The van der Waals surface area contributed by atoms with Crippen LogP contribution >= 0.6 is 0 Å². The average Bonchev–Trinajstić information content (AvgIpc) is 3.36. The van der Waals surface area contributed by atoms with E-state index in [0.29, 0.717) is 12.8 Å². The van der Waals surface area contributed by atoms with Gasteiger partial charge in [0.1, 0.15) is 6.61 Å². The molecule has 0 aromatic heterocycles. The Morgan fingerprint density at radius 1 is 0.343 bits per heavy atom. The summed E-state index contributed by atoms with van der Waals surface area (Å²) < 4.78 is 10.7. The fraction of sp³-hybridized carbons (Fsp3) is 0.662. The van der Waals surface area contributed by atoms with E-state index in [4.69, 9.17) is 9.47 Å². The number of hydrogen-bond acceptors (Lipinski definition) is 5. The lowest BCUT2D eigenvalue weighted by Gasteiger charge is -2.15. The van der Waals surface area contributed by atoms with Crippen molar-refractivity contribution in [2.75, 3.05) is 13.2 Å². The number of hydrogen-bond donors (Lipinski definition) is 1. The molecule has 0 saturated carbocycles. The molecule has 1 unspecified atom stereocenters. The molecule has 0 bridgehead atoms. The lowest BCUT2D eigenvalue weighted by Crippen LogP contribution is -2.28. The molecule has 0 saturated heterocycles. The van der Waals surface area contributed by atoms with Crippen LogP contribution in [0.5, 0.6) is 0 Å². The van der Waals surface area contributed by atoms with E-state index in [9.17, 15) is 14.7 Å². The molecule has 0 radical (unpaired) electrons. The molecule has 1 N–H and O–H groups in total. The first kappa shape index (κ1) is 66.3. The molecular formula is C65H108O5. The number of aliphatic hydroxyl groups excluding tert-OH is 1. The quantitative estimate of drug-likeness (QED) is 0.0374. The second-order valence-corrected chi connectivity index (χ2v) is 19.0. The van der Waals surface area contributed by atoms with Gasteiger partial charge in [0.25, 0.3) is 0 Å². The molecule has 0 amide bonds. The van der Waals surface area contributed by atoms with Crippen molar-refractivity contribution in [2.45, 2.75) is 264 Å². The summed E-state index contributed by atoms with van der Waals surface area (Å²) in [5.41, 5.74) is 0. The molecule has 0 aliphatic heterocycles. The van der Waals surface area contributed by atoms with Crippen molar-refractivity contribution in [3.8, 4) is 0 Å². The Balaban J connectivity index is 3.61. The largest absolute Gasteiger partial charge is 0.462 e. The van der Waals surface area contributed by atoms with Gasteiger partial charge in [-0.3, -0.25) is 9.59 Å². The fourth-order valence-electron chi connectivity index (χ4n) is 7.90. The Bertz CT molecular complexity index is 1420. The molecular weight excluding hydrogens is 861 g/mol. The molecule has 0 aliphatic rings. The Kier molecular flexibility index (Phi) is 56.5. The Labute approximate surface area is 433 Å². The van der Waals surface area contributed by atoms with Gasteiger partial charge in [0.15, 0.2) is 6.10 Å². The SMILES string of the molecule is CC/C=C\C/C=C\C/C=C\C/C=C\C/C=C\C/C=C\C/C=C\C/C=C\C/C=C\CCCCCC(=O)OC(CO)COC(=O)CCCCCCCCCCCCCCC/C=C\CCCCCCCCCC. The van der Waals surface area contributed by atoms with Crippen LogP contribution in [-0.4, -0.2) is 36.4 Å². The van der Waals surface area contributed by atoms with Gasteiger partial charge in [0.2, 0.25) is 0 Å². The Morgan fingerprint density at radius 3 is 0.957 bits per heavy atom. The van der Waals surface area contributed by atoms with Crippen molar-refractivity contribution >= 4 is 11.9 Å². The first-order valence-corrected chi connectivity index (χ1v) is 29.1. The standard InChI is InChI=1S/C65H108O5/c1-3-5-7-9-11-13-15-17-19-21-23-25-27-29-30-31-32-33-34-36-38-40-42-44-46-48-50-52-54-56-58-60-65(68)70-63(61-66)62-69-64(67)59-57-55-53-51-49-47-45-43-41-39-37-35-28-26-24-22-20-18-16-14-12-10-8-6-4-2/h5,7,11,13,17,19,22-25,29-30,32-33,36,38,42,44,48,50,63,66H,3-4,6,8-10,12,14-16,18,20-21,26-28,31,34-35,37,39-41,43,45-47,49,51-62H2,1-2H3/b7-5-,13-11-,19-17-,24-22-,25-23-,30-29-,33-32-,38-36-,44-42-,50-48-. The van der Waals surface area contributed by atoms with E-state index in [-0.39, 0.29) is 25.2 Å². The molecule has 1 atom stereocenters. The summed E-state index contributed by atoms with van der Waals surface area (Å²) in [6, 6.07) is 0. The highest BCUT2D eigenvalue weighted by atomic mass is 16.6. The van der Waals surface area contributed by atoms with E-state index in [1.807, 2.05) is 0 Å². The first-order chi connectivity index (χ1) is 34.6. The van der Waals surface area contributed by atoms with Gasteiger partial charge in [-0.05, 0) is 109 Å². The third-order valence-electron chi connectivity index (χ3n) is 12.2. The van der Waals surface area contributed by atoms with Crippen molar-refractivity contribution in [3.63, 3.8) is 0 Å². The summed E-state index contributed by atoms with van der Waals surface area (Å²) in [4.78, 5) is 24.5. The van der Waals surface area contributed by atoms with Crippen LogP contribution in [0.15, 0.2) is 122 Å². The third-order valence-corrected chi connectivity index (χ3v) is 12.2. The summed E-state index contributed by atoms with van der Waals surface area (Å²) in [7, 11) is 0. The molecule has 0 spiro atoms. The van der Waals surface area contributed by atoms with Gasteiger partial charge in [-0.15, -0.1) is 0 Å². The van der Waals surface area contributed by atoms with Gasteiger partial charge in [-0.25, -0.2) is 0 Å². The lowest BCUT2D eigenvalue weighted by molar-refractivity contribution is -0.161. The topological polar surface area (TPSA) is 72.8 Å². The number of esters is 2. The second-order valence-electron chi connectivity index (χ2n) is 19.0. The van der Waals surface area contributed by atoms with Crippen LogP contribution in [0.4, 0.5) is 0 Å². The highest BCUT2D eigenvalue weighted by molar-refractivity contribution is 5.70. The van der Waals surface area contributed by atoms with Gasteiger partial charge in [-0.2, -0.15) is 0 Å². The molecule has 0 aromatic carbocycles. The molecule has 0 aliphatic carbocycles. The average molecular weight is 970 g/mol. The van der Waals surface area contributed by atoms with E-state index >= 15 is 0 Å². The van der Waals surface area contributed by atoms with E-state index in [1.54, 1.807) is 0 Å².